The third kappa shape index (κ3) is 7.29. The van der Waals surface area contributed by atoms with Crippen molar-refractivity contribution in [1.82, 2.24) is 14.9 Å². The molecule has 1 aromatic heterocycles. The minimum atomic E-state index is -0.525. The van der Waals surface area contributed by atoms with Gasteiger partial charge < -0.3 is 14.5 Å². The minimum Gasteiger partial charge on any atom is -0.444 e. The van der Waals surface area contributed by atoms with Gasteiger partial charge in [-0.25, -0.2) is 19.2 Å². The second-order valence-corrected chi connectivity index (χ2v) is 12.7. The molecule has 2 aliphatic carbocycles. The minimum absolute atomic E-state index is 0.0651. The van der Waals surface area contributed by atoms with Crippen molar-refractivity contribution in [3.63, 3.8) is 0 Å². The van der Waals surface area contributed by atoms with Crippen LogP contribution in [0.5, 0.6) is 0 Å². The lowest BCUT2D eigenvalue weighted by molar-refractivity contribution is 0.0218. The molecule has 0 N–H and O–H groups in total. The first-order chi connectivity index (χ1) is 20.1. The van der Waals surface area contributed by atoms with Gasteiger partial charge >= 0.3 is 6.09 Å². The van der Waals surface area contributed by atoms with E-state index in [1.165, 1.54) is 28.7 Å². The van der Waals surface area contributed by atoms with Crippen LogP contribution < -0.4 is 4.90 Å². The molecule has 1 radical (unpaired) electrons. The highest BCUT2D eigenvalue weighted by Crippen LogP contribution is 2.45. The summed E-state index contributed by atoms with van der Waals surface area (Å²) in [6, 6.07) is 6.95. The van der Waals surface area contributed by atoms with E-state index in [0.29, 0.717) is 19.6 Å². The molecule has 0 bridgehead atoms. The number of benzene rings is 1. The first-order valence-corrected chi connectivity index (χ1v) is 15.4. The third-order valence-corrected chi connectivity index (χ3v) is 8.29. The fourth-order valence-electron chi connectivity index (χ4n) is 6.11. The number of nitrogens with zero attached hydrogens (tertiary/aromatic N) is 4. The number of unbranched alkanes of at least 4 members (excludes halogenated alkanes) is 1. The van der Waals surface area contributed by atoms with Crippen molar-refractivity contribution in [2.45, 2.75) is 91.2 Å². The van der Waals surface area contributed by atoms with Crippen LogP contribution in [0.2, 0.25) is 0 Å². The van der Waals surface area contributed by atoms with Crippen molar-refractivity contribution in [3.8, 4) is 0 Å². The smallest absolute Gasteiger partial charge is 0.410 e. The molecule has 1 atom stereocenters. The summed E-state index contributed by atoms with van der Waals surface area (Å²) in [5.41, 5.74) is 6.72. The third-order valence-electron chi connectivity index (χ3n) is 8.29. The number of hydrogen-bond donors (Lipinski definition) is 0. The summed E-state index contributed by atoms with van der Waals surface area (Å²) < 4.78 is 19.3. The van der Waals surface area contributed by atoms with E-state index in [1.807, 2.05) is 31.7 Å². The largest absolute Gasteiger partial charge is 0.444 e. The molecule has 5 rings (SSSR count). The topological polar surface area (TPSA) is 58.6 Å². The molecule has 6 nitrogen and oxygen atoms in total. The molecule has 7 heteroatoms. The summed E-state index contributed by atoms with van der Waals surface area (Å²) in [4.78, 5) is 26.7. The molecule has 3 aliphatic rings. The van der Waals surface area contributed by atoms with Crippen molar-refractivity contribution in [2.24, 2.45) is 0 Å². The Hall–Kier alpha value is -3.48. The van der Waals surface area contributed by atoms with Crippen molar-refractivity contribution in [1.29, 1.82) is 0 Å². The fraction of sp³-hybridized carbons (Fsp3) is 0.486. The number of anilines is 1. The summed E-state index contributed by atoms with van der Waals surface area (Å²) in [7, 11) is 0. The zero-order chi connectivity index (χ0) is 29.9. The maximum absolute atomic E-state index is 13.7. The van der Waals surface area contributed by atoms with E-state index in [-0.39, 0.29) is 18.0 Å². The molecule has 1 aromatic carbocycles. The number of carbonyl (C=O) groups is 1. The van der Waals surface area contributed by atoms with Crippen LogP contribution in [0.3, 0.4) is 0 Å². The summed E-state index contributed by atoms with van der Waals surface area (Å²) in [5.74, 6) is 2.26. The van der Waals surface area contributed by atoms with E-state index in [9.17, 15) is 9.18 Å². The van der Waals surface area contributed by atoms with Crippen LogP contribution in [-0.4, -0.2) is 52.2 Å². The molecule has 223 valence electrons. The standard InChI is InChI=1S/C35H44FN4O2/c1-6-30(26-14-16-27-21-28(27)17-15-26)32-31(13-8-7-10-25-11-9-12-29(36)20-25)37-23-38-33(32)40-19-18-39(22-24(40)2)34(41)42-35(3,4)5/h6,9,11-12,14,20-21,23-24H,7-8,10,13,15-19,22H2,1-5H3/b30-6-/t24-/m0/s1. The molecule has 42 heavy (non-hydrogen) atoms. The summed E-state index contributed by atoms with van der Waals surface area (Å²) in [5, 5.41) is 0. The number of amides is 1. The number of aromatic nitrogens is 2. The lowest BCUT2D eigenvalue weighted by atomic mass is 9.90. The van der Waals surface area contributed by atoms with Crippen molar-refractivity contribution >= 4 is 17.5 Å². The SMILES string of the molecule is C/C=C(/C1=CCC2=C[C]2CC1)c1c(CCCCc2cccc(F)c2)ncnc1N1CCN(C(=O)OC(C)(C)C)C[C@@H]1C. The molecule has 1 amide bonds. The van der Waals surface area contributed by atoms with Crippen LogP contribution in [-0.2, 0) is 17.6 Å². The Labute approximate surface area is 250 Å². The van der Waals surface area contributed by atoms with Crippen LogP contribution in [0.1, 0.15) is 83.5 Å². The zero-order valence-electron chi connectivity index (χ0n) is 25.8. The van der Waals surface area contributed by atoms with Crippen molar-refractivity contribution in [3.05, 3.63) is 88.5 Å². The summed E-state index contributed by atoms with van der Waals surface area (Å²) in [6.45, 7) is 11.8. The number of ether oxygens (including phenoxy) is 1. The van der Waals surface area contributed by atoms with Crippen molar-refractivity contribution < 1.29 is 13.9 Å². The second-order valence-electron chi connectivity index (χ2n) is 12.7. The zero-order valence-corrected chi connectivity index (χ0v) is 25.8. The van der Waals surface area contributed by atoms with Gasteiger partial charge in [0.25, 0.3) is 0 Å². The molecule has 1 fully saturated rings. The van der Waals surface area contributed by atoms with E-state index >= 15 is 0 Å². The van der Waals surface area contributed by atoms with Gasteiger partial charge in [-0.1, -0.05) is 35.9 Å². The first-order valence-electron chi connectivity index (χ1n) is 15.4. The van der Waals surface area contributed by atoms with Crippen LogP contribution in [0.25, 0.3) is 5.57 Å². The molecular formula is C35H44FN4O2. The number of rotatable bonds is 8. The van der Waals surface area contributed by atoms with E-state index in [0.717, 1.165) is 67.6 Å². The van der Waals surface area contributed by atoms with Gasteiger partial charge in [0.2, 0.25) is 0 Å². The van der Waals surface area contributed by atoms with Crippen LogP contribution >= 0.6 is 0 Å². The fourth-order valence-corrected chi connectivity index (χ4v) is 6.11. The monoisotopic (exact) mass is 571 g/mol. The van der Waals surface area contributed by atoms with Gasteiger partial charge in [0, 0.05) is 37.2 Å². The highest BCUT2D eigenvalue weighted by atomic mass is 19.1. The lowest BCUT2D eigenvalue weighted by Gasteiger charge is -2.41. The van der Waals surface area contributed by atoms with E-state index < -0.39 is 5.60 Å². The van der Waals surface area contributed by atoms with E-state index in [4.69, 9.17) is 14.7 Å². The first kappa shape index (κ1) is 30.0. The van der Waals surface area contributed by atoms with Gasteiger partial charge in [0.05, 0.1) is 5.69 Å². The van der Waals surface area contributed by atoms with Gasteiger partial charge in [0.15, 0.2) is 0 Å². The van der Waals surface area contributed by atoms with Crippen molar-refractivity contribution in [2.75, 3.05) is 24.5 Å². The predicted octanol–water partition coefficient (Wildman–Crippen LogP) is 7.65. The molecular weight excluding hydrogens is 527 g/mol. The summed E-state index contributed by atoms with van der Waals surface area (Å²) >= 11 is 0. The molecule has 0 spiro atoms. The Bertz CT molecular complexity index is 1390. The maximum atomic E-state index is 13.7. The Morgan fingerprint density at radius 1 is 1.14 bits per heavy atom. The Balaban J connectivity index is 1.39. The average Bonchev–Trinajstić information content (AvgIpc) is 3.72. The number of hydrogen-bond acceptors (Lipinski definition) is 5. The number of aryl methyl sites for hydroxylation is 2. The Kier molecular flexibility index (Phi) is 9.14. The molecule has 1 saturated heterocycles. The number of fused-ring (bicyclic) bond motifs is 1. The van der Waals surface area contributed by atoms with Crippen LogP contribution in [0.4, 0.5) is 15.0 Å². The molecule has 2 aromatic rings. The lowest BCUT2D eigenvalue weighted by Crippen LogP contribution is -2.55. The average molecular weight is 572 g/mol. The quantitative estimate of drug-likeness (QED) is 0.305. The maximum Gasteiger partial charge on any atom is 0.410 e. The number of allylic oxidation sites excluding steroid dienone is 6. The Morgan fingerprint density at radius 3 is 2.69 bits per heavy atom. The van der Waals surface area contributed by atoms with Gasteiger partial charge in [-0.3, -0.25) is 0 Å². The van der Waals surface area contributed by atoms with Crippen LogP contribution in [0, 0.1) is 11.7 Å². The van der Waals surface area contributed by atoms with Gasteiger partial charge in [-0.15, -0.1) is 0 Å². The highest BCUT2D eigenvalue weighted by Gasteiger charge is 2.34. The highest BCUT2D eigenvalue weighted by molar-refractivity contribution is 5.86. The number of carbonyl (C=O) groups excluding carboxylic acids is 1. The van der Waals surface area contributed by atoms with Gasteiger partial charge in [-0.2, -0.15) is 0 Å². The van der Waals surface area contributed by atoms with Gasteiger partial charge in [0.1, 0.15) is 23.6 Å². The number of piperazine rings is 1. The van der Waals surface area contributed by atoms with E-state index in [2.05, 4.69) is 37.0 Å². The summed E-state index contributed by atoms with van der Waals surface area (Å²) in [6.07, 6.45) is 15.0. The van der Waals surface area contributed by atoms with Crippen LogP contribution in [0.15, 0.2) is 60.0 Å². The van der Waals surface area contributed by atoms with Gasteiger partial charge in [-0.05, 0) is 108 Å². The normalized spacial score (nSPS) is 19.6. The molecule has 1 aliphatic heterocycles. The molecule has 0 saturated carbocycles. The predicted molar refractivity (Wildman–Crippen MR) is 167 cm³/mol. The van der Waals surface area contributed by atoms with E-state index in [1.54, 1.807) is 18.5 Å². The molecule has 2 heterocycles. The Morgan fingerprint density at radius 2 is 1.95 bits per heavy atom. The second kappa shape index (κ2) is 12.8. The number of halogens is 1. The molecule has 0 unspecified atom stereocenters.